The molecule has 4 N–H and O–H groups in total. The molecule has 0 aromatic heterocycles. The largest absolute Gasteiger partial charge is 0.351 e. The van der Waals surface area contributed by atoms with Gasteiger partial charge in [0.2, 0.25) is 17.6 Å². The molecule has 2 amide bonds. The lowest BCUT2D eigenvalue weighted by atomic mass is 9.97. The molecule has 1 rings (SSSR count). The molecule has 0 radical (unpaired) electrons. The molecule has 0 saturated carbocycles. The highest BCUT2D eigenvalue weighted by Gasteiger charge is 2.42. The van der Waals surface area contributed by atoms with Gasteiger partial charge in [0, 0.05) is 6.54 Å². The number of nitrogens with one attached hydrogen (secondary N) is 2. The number of ketones is 1. The van der Waals surface area contributed by atoms with Gasteiger partial charge in [0.15, 0.2) is 0 Å². The predicted octanol–water partition coefficient (Wildman–Crippen LogP) is 1.63. The Morgan fingerprint density at radius 3 is 2.15 bits per heavy atom. The maximum Gasteiger partial charge on any atom is 0.323 e. The van der Waals surface area contributed by atoms with E-state index >= 15 is 0 Å². The Morgan fingerprint density at radius 1 is 1.04 bits per heavy atom. The fourth-order valence-corrected chi connectivity index (χ4v) is 2.38. The number of hydrogen-bond acceptors (Lipinski definition) is 4. The molecule has 2 atom stereocenters. The van der Waals surface area contributed by atoms with E-state index in [2.05, 4.69) is 5.32 Å². The van der Waals surface area contributed by atoms with Crippen molar-refractivity contribution in [1.82, 2.24) is 10.6 Å². The first-order valence-electron chi connectivity index (χ1n) is 8.81. The van der Waals surface area contributed by atoms with E-state index in [0.717, 1.165) is 5.56 Å². The van der Waals surface area contributed by atoms with Gasteiger partial charge in [-0.2, -0.15) is 8.78 Å². The number of nitrogens with two attached hydrogens (primary N) is 1. The van der Waals surface area contributed by atoms with Gasteiger partial charge in [-0.25, -0.2) is 0 Å². The highest BCUT2D eigenvalue weighted by molar-refractivity contribution is 6.00. The van der Waals surface area contributed by atoms with E-state index < -0.39 is 42.0 Å². The standard InChI is InChI=1S/C19H27F2N3O3/c1-12(2)9-15(22)16(25)19(20,21)11-24-18(27)13(3)17(26)23-10-14-7-5-4-6-8-14/h4-8,12-13,15H,9-11,22H2,1-3H3,(H,23,26)(H,24,27). The second kappa shape index (κ2) is 10.1. The van der Waals surface area contributed by atoms with Crippen LogP contribution in [0.25, 0.3) is 0 Å². The predicted molar refractivity (Wildman–Crippen MR) is 97.8 cm³/mol. The number of Topliss-reactive ketones (excluding diaryl/α,β-unsaturated/α-hetero) is 1. The molecule has 0 fully saturated rings. The van der Waals surface area contributed by atoms with Gasteiger partial charge in [-0.1, -0.05) is 44.2 Å². The minimum Gasteiger partial charge on any atom is -0.351 e. The van der Waals surface area contributed by atoms with Crippen LogP contribution in [0, 0.1) is 11.8 Å². The number of carbonyl (C=O) groups excluding carboxylic acids is 3. The summed E-state index contributed by atoms with van der Waals surface area (Å²) >= 11 is 0. The molecule has 1 aromatic rings. The van der Waals surface area contributed by atoms with Crippen LogP contribution < -0.4 is 16.4 Å². The molecular formula is C19H27F2N3O3. The second-order valence-corrected chi connectivity index (χ2v) is 6.95. The highest BCUT2D eigenvalue weighted by atomic mass is 19.3. The van der Waals surface area contributed by atoms with E-state index in [1.165, 1.54) is 6.92 Å². The van der Waals surface area contributed by atoms with Crippen LogP contribution in [0.2, 0.25) is 0 Å². The number of rotatable bonds is 10. The van der Waals surface area contributed by atoms with Crippen LogP contribution in [0.3, 0.4) is 0 Å². The minimum atomic E-state index is -3.79. The third-order valence-corrected chi connectivity index (χ3v) is 4.00. The van der Waals surface area contributed by atoms with Crippen molar-refractivity contribution in [2.24, 2.45) is 17.6 Å². The van der Waals surface area contributed by atoms with Crippen LogP contribution in [-0.4, -0.2) is 36.1 Å². The normalized spacial score (nSPS) is 13.7. The fourth-order valence-electron chi connectivity index (χ4n) is 2.38. The van der Waals surface area contributed by atoms with Gasteiger partial charge in [0.25, 0.3) is 0 Å². The van der Waals surface area contributed by atoms with Crippen molar-refractivity contribution in [3.8, 4) is 0 Å². The van der Waals surface area contributed by atoms with Crippen LogP contribution in [0.4, 0.5) is 8.78 Å². The maximum atomic E-state index is 14.0. The number of halogens is 2. The summed E-state index contributed by atoms with van der Waals surface area (Å²) in [5.41, 5.74) is 6.35. The van der Waals surface area contributed by atoms with Gasteiger partial charge < -0.3 is 16.4 Å². The summed E-state index contributed by atoms with van der Waals surface area (Å²) in [5.74, 6) is -7.87. The van der Waals surface area contributed by atoms with Gasteiger partial charge in [-0.05, 0) is 24.8 Å². The fraction of sp³-hybridized carbons (Fsp3) is 0.526. The van der Waals surface area contributed by atoms with E-state index in [4.69, 9.17) is 5.73 Å². The van der Waals surface area contributed by atoms with Crippen LogP contribution in [0.5, 0.6) is 0 Å². The lowest BCUT2D eigenvalue weighted by molar-refractivity contribution is -0.145. The van der Waals surface area contributed by atoms with Crippen molar-refractivity contribution in [3.63, 3.8) is 0 Å². The van der Waals surface area contributed by atoms with Crippen molar-refractivity contribution in [1.29, 1.82) is 0 Å². The Morgan fingerprint density at radius 2 is 1.59 bits per heavy atom. The van der Waals surface area contributed by atoms with E-state index in [-0.39, 0.29) is 18.9 Å². The molecule has 0 bridgehead atoms. The van der Waals surface area contributed by atoms with Crippen LogP contribution >= 0.6 is 0 Å². The summed E-state index contributed by atoms with van der Waals surface area (Å²) in [6.07, 6.45) is 0.126. The molecule has 0 aliphatic heterocycles. The van der Waals surface area contributed by atoms with Crippen molar-refractivity contribution in [2.45, 2.75) is 45.7 Å². The van der Waals surface area contributed by atoms with Crippen molar-refractivity contribution < 1.29 is 23.2 Å². The molecule has 27 heavy (non-hydrogen) atoms. The Labute approximate surface area is 157 Å². The Bertz CT molecular complexity index is 651. The van der Waals surface area contributed by atoms with Gasteiger partial charge in [-0.3, -0.25) is 14.4 Å². The van der Waals surface area contributed by atoms with E-state index in [0.29, 0.717) is 0 Å². The van der Waals surface area contributed by atoms with Gasteiger partial charge in [0.05, 0.1) is 12.6 Å². The highest BCUT2D eigenvalue weighted by Crippen LogP contribution is 2.18. The Hall–Kier alpha value is -2.35. The number of amides is 2. The molecule has 0 aliphatic carbocycles. The van der Waals surface area contributed by atoms with E-state index in [1.54, 1.807) is 38.1 Å². The lowest BCUT2D eigenvalue weighted by Gasteiger charge is -2.21. The first kappa shape index (κ1) is 22.7. The molecule has 8 heteroatoms. The first-order valence-corrected chi connectivity index (χ1v) is 8.81. The average molecular weight is 383 g/mol. The van der Waals surface area contributed by atoms with Crippen LogP contribution in [0.15, 0.2) is 30.3 Å². The van der Waals surface area contributed by atoms with E-state index in [1.807, 2.05) is 11.4 Å². The zero-order chi connectivity index (χ0) is 20.6. The molecule has 0 saturated heterocycles. The Balaban J connectivity index is 2.51. The van der Waals surface area contributed by atoms with Gasteiger partial charge in [0.1, 0.15) is 5.92 Å². The Kier molecular flexibility index (Phi) is 8.49. The third kappa shape index (κ3) is 7.42. The summed E-state index contributed by atoms with van der Waals surface area (Å²) in [5, 5.41) is 4.53. The zero-order valence-electron chi connectivity index (χ0n) is 15.8. The number of carbonyl (C=O) groups is 3. The summed E-state index contributed by atoms with van der Waals surface area (Å²) in [6.45, 7) is 3.87. The first-order chi connectivity index (χ1) is 12.5. The molecular weight excluding hydrogens is 356 g/mol. The van der Waals surface area contributed by atoms with Gasteiger partial charge in [-0.15, -0.1) is 0 Å². The minimum absolute atomic E-state index is 0.0114. The summed E-state index contributed by atoms with van der Waals surface area (Å²) in [6, 6.07) is 7.75. The molecule has 1 aromatic carbocycles. The lowest BCUT2D eigenvalue weighted by Crippen LogP contribution is -2.51. The van der Waals surface area contributed by atoms with Crippen molar-refractivity contribution >= 4 is 17.6 Å². The second-order valence-electron chi connectivity index (χ2n) is 6.95. The molecule has 2 unspecified atom stereocenters. The molecule has 150 valence electrons. The summed E-state index contributed by atoms with van der Waals surface area (Å²) < 4.78 is 27.9. The number of alkyl halides is 2. The van der Waals surface area contributed by atoms with Crippen molar-refractivity contribution in [2.75, 3.05) is 6.54 Å². The summed E-state index contributed by atoms with van der Waals surface area (Å²) in [4.78, 5) is 35.7. The van der Waals surface area contributed by atoms with Crippen molar-refractivity contribution in [3.05, 3.63) is 35.9 Å². The molecule has 6 nitrogen and oxygen atoms in total. The van der Waals surface area contributed by atoms with E-state index in [9.17, 15) is 23.2 Å². The monoisotopic (exact) mass is 383 g/mol. The number of benzene rings is 1. The van der Waals surface area contributed by atoms with Gasteiger partial charge >= 0.3 is 5.92 Å². The SMILES string of the molecule is CC(C)CC(N)C(=O)C(F)(F)CNC(=O)C(C)C(=O)NCc1ccccc1. The topological polar surface area (TPSA) is 101 Å². The zero-order valence-corrected chi connectivity index (χ0v) is 15.8. The smallest absolute Gasteiger partial charge is 0.323 e. The average Bonchev–Trinajstić information content (AvgIpc) is 2.63. The number of hydrogen-bond donors (Lipinski definition) is 3. The molecule has 0 spiro atoms. The maximum absolute atomic E-state index is 14.0. The molecule has 0 heterocycles. The third-order valence-electron chi connectivity index (χ3n) is 4.00. The van der Waals surface area contributed by atoms with Crippen LogP contribution in [-0.2, 0) is 20.9 Å². The quantitative estimate of drug-likeness (QED) is 0.535. The summed E-state index contributed by atoms with van der Waals surface area (Å²) in [7, 11) is 0. The molecule has 0 aliphatic rings. The van der Waals surface area contributed by atoms with Crippen LogP contribution in [0.1, 0.15) is 32.8 Å².